The van der Waals surface area contributed by atoms with E-state index in [1.54, 1.807) is 12.1 Å². The van der Waals surface area contributed by atoms with Gasteiger partial charge in [-0.05, 0) is 56.2 Å². The van der Waals surface area contributed by atoms with Gasteiger partial charge in [0.1, 0.15) is 11.4 Å². The maximum absolute atomic E-state index is 13.2. The number of amides is 1. The van der Waals surface area contributed by atoms with Crippen molar-refractivity contribution in [2.75, 3.05) is 6.61 Å². The van der Waals surface area contributed by atoms with Gasteiger partial charge < -0.3 is 10.1 Å². The highest BCUT2D eigenvalue weighted by molar-refractivity contribution is 5.87. The van der Waals surface area contributed by atoms with Crippen LogP contribution in [0.15, 0.2) is 24.3 Å². The first-order valence-electron chi connectivity index (χ1n) is 9.15. The first kappa shape index (κ1) is 18.4. The second-order valence-corrected chi connectivity index (χ2v) is 7.32. The van der Waals surface area contributed by atoms with E-state index in [9.17, 15) is 19.2 Å². The van der Waals surface area contributed by atoms with Crippen LogP contribution >= 0.6 is 0 Å². The van der Waals surface area contributed by atoms with Crippen molar-refractivity contribution >= 4 is 11.9 Å². The van der Waals surface area contributed by atoms with E-state index in [2.05, 4.69) is 11.4 Å². The van der Waals surface area contributed by atoms with E-state index in [1.165, 1.54) is 12.1 Å². The van der Waals surface area contributed by atoms with Crippen LogP contribution in [-0.2, 0) is 19.7 Å². The summed E-state index contributed by atoms with van der Waals surface area (Å²) < 4.78 is 18.5. The zero-order valence-electron chi connectivity index (χ0n) is 14.7. The van der Waals surface area contributed by atoms with Gasteiger partial charge in [-0.15, -0.1) is 0 Å². The van der Waals surface area contributed by atoms with Crippen LogP contribution in [0.3, 0.4) is 0 Å². The van der Waals surface area contributed by atoms with Gasteiger partial charge in [0.25, 0.3) is 5.91 Å². The molecule has 1 N–H and O–H groups in total. The Balaban J connectivity index is 1.65. The van der Waals surface area contributed by atoms with E-state index in [1.807, 2.05) is 0 Å². The number of halogens is 1. The molecule has 26 heavy (non-hydrogen) atoms. The standard InChI is InChI=1S/C20H23FN2O3/c21-16-7-5-15(6-8-16)20(11-3-4-12-20)18(25)26-13-17(24)23-19(14-22)9-1-2-10-19/h5-8H,1-4,9-13H2,(H,23,24). The molecule has 0 atom stereocenters. The van der Waals surface area contributed by atoms with Gasteiger partial charge in [-0.25, -0.2) is 4.39 Å². The molecule has 0 saturated heterocycles. The molecule has 2 fully saturated rings. The van der Waals surface area contributed by atoms with Gasteiger partial charge in [0.05, 0.1) is 11.5 Å². The van der Waals surface area contributed by atoms with Crippen molar-refractivity contribution in [1.29, 1.82) is 5.26 Å². The first-order chi connectivity index (χ1) is 12.5. The summed E-state index contributed by atoms with van der Waals surface area (Å²) in [6, 6.07) is 8.09. The van der Waals surface area contributed by atoms with E-state index < -0.39 is 29.4 Å². The molecule has 138 valence electrons. The third kappa shape index (κ3) is 3.57. The van der Waals surface area contributed by atoms with Crippen LogP contribution < -0.4 is 5.32 Å². The maximum Gasteiger partial charge on any atom is 0.317 e. The summed E-state index contributed by atoms with van der Waals surface area (Å²) in [5.41, 5.74) is -0.911. The van der Waals surface area contributed by atoms with E-state index in [0.717, 1.165) is 31.2 Å². The predicted octanol–water partition coefficient (Wildman–Crippen LogP) is 3.13. The second kappa shape index (κ2) is 7.45. The largest absolute Gasteiger partial charge is 0.455 e. The number of nitriles is 1. The average Bonchev–Trinajstić information content (AvgIpc) is 3.31. The lowest BCUT2D eigenvalue weighted by Crippen LogP contribution is -2.47. The van der Waals surface area contributed by atoms with Gasteiger partial charge in [-0.1, -0.05) is 25.0 Å². The Hall–Kier alpha value is -2.42. The molecule has 0 spiro atoms. The molecule has 0 heterocycles. The minimum absolute atomic E-state index is 0.354. The van der Waals surface area contributed by atoms with Gasteiger partial charge in [0.2, 0.25) is 0 Å². The van der Waals surface area contributed by atoms with Crippen molar-refractivity contribution in [2.45, 2.75) is 62.3 Å². The minimum Gasteiger partial charge on any atom is -0.455 e. The SMILES string of the molecule is N#CC1(NC(=O)COC(=O)C2(c3ccc(F)cc3)CCCC2)CCCC1. The lowest BCUT2D eigenvalue weighted by atomic mass is 9.79. The van der Waals surface area contributed by atoms with Crippen molar-refractivity contribution in [2.24, 2.45) is 0 Å². The van der Waals surface area contributed by atoms with Crippen molar-refractivity contribution < 1.29 is 18.7 Å². The number of nitrogens with zero attached hydrogens (tertiary/aromatic N) is 1. The predicted molar refractivity (Wildman–Crippen MR) is 92.5 cm³/mol. The number of hydrogen-bond donors (Lipinski definition) is 1. The molecular formula is C20H23FN2O3. The normalized spacial score (nSPS) is 20.3. The topological polar surface area (TPSA) is 79.2 Å². The Labute approximate surface area is 152 Å². The number of nitrogens with one attached hydrogen (secondary N) is 1. The third-order valence-electron chi connectivity index (χ3n) is 5.63. The molecule has 1 amide bonds. The molecule has 2 aliphatic rings. The summed E-state index contributed by atoms with van der Waals surface area (Å²) in [5, 5.41) is 12.0. The molecule has 2 aliphatic carbocycles. The first-order valence-corrected chi connectivity index (χ1v) is 9.15. The molecule has 5 nitrogen and oxygen atoms in total. The molecule has 1 aromatic rings. The maximum atomic E-state index is 13.2. The minimum atomic E-state index is -0.828. The second-order valence-electron chi connectivity index (χ2n) is 7.32. The van der Waals surface area contributed by atoms with Gasteiger partial charge in [0, 0.05) is 0 Å². The molecule has 0 unspecified atom stereocenters. The number of rotatable bonds is 5. The molecule has 6 heteroatoms. The lowest BCUT2D eigenvalue weighted by Gasteiger charge is -2.27. The molecule has 0 bridgehead atoms. The smallest absolute Gasteiger partial charge is 0.317 e. The van der Waals surface area contributed by atoms with Crippen LogP contribution in [-0.4, -0.2) is 24.0 Å². The molecule has 2 saturated carbocycles. The Morgan fingerprint density at radius 1 is 1.08 bits per heavy atom. The number of ether oxygens (including phenoxy) is 1. The van der Waals surface area contributed by atoms with Crippen molar-refractivity contribution in [3.8, 4) is 6.07 Å². The van der Waals surface area contributed by atoms with Crippen molar-refractivity contribution in [3.05, 3.63) is 35.6 Å². The Morgan fingerprint density at radius 3 is 2.23 bits per heavy atom. The number of carbonyl (C=O) groups is 2. The van der Waals surface area contributed by atoms with Crippen LogP contribution in [0.2, 0.25) is 0 Å². The highest BCUT2D eigenvalue weighted by Crippen LogP contribution is 2.42. The zero-order chi connectivity index (χ0) is 18.6. The summed E-state index contributed by atoms with van der Waals surface area (Å²) in [6.07, 6.45) is 6.09. The summed E-state index contributed by atoms with van der Waals surface area (Å²) >= 11 is 0. The van der Waals surface area contributed by atoms with Crippen molar-refractivity contribution in [1.82, 2.24) is 5.32 Å². The Bertz CT molecular complexity index is 712. The summed E-state index contributed by atoms with van der Waals surface area (Å²) in [4.78, 5) is 25.0. The van der Waals surface area contributed by atoms with Crippen LogP contribution in [0.25, 0.3) is 0 Å². The molecule has 3 rings (SSSR count). The fraction of sp³-hybridized carbons (Fsp3) is 0.550. The third-order valence-corrected chi connectivity index (χ3v) is 5.63. The van der Waals surface area contributed by atoms with Crippen LogP contribution in [0.1, 0.15) is 56.9 Å². The molecule has 0 aliphatic heterocycles. The van der Waals surface area contributed by atoms with Gasteiger partial charge >= 0.3 is 5.97 Å². The molecule has 0 radical (unpaired) electrons. The van der Waals surface area contributed by atoms with E-state index >= 15 is 0 Å². The Kier molecular flexibility index (Phi) is 5.26. The van der Waals surface area contributed by atoms with Gasteiger partial charge in [-0.2, -0.15) is 5.26 Å². The summed E-state index contributed by atoms with van der Waals surface area (Å²) in [5.74, 6) is -1.25. The van der Waals surface area contributed by atoms with Crippen LogP contribution in [0.4, 0.5) is 4.39 Å². The zero-order valence-corrected chi connectivity index (χ0v) is 14.7. The highest BCUT2D eigenvalue weighted by Gasteiger charge is 2.44. The number of hydrogen-bond acceptors (Lipinski definition) is 4. The van der Waals surface area contributed by atoms with Gasteiger partial charge in [-0.3, -0.25) is 9.59 Å². The van der Waals surface area contributed by atoms with E-state index in [4.69, 9.17) is 4.74 Å². The lowest BCUT2D eigenvalue weighted by molar-refractivity contribution is -0.154. The summed E-state index contributed by atoms with van der Waals surface area (Å²) in [6.45, 7) is -0.398. The molecular weight excluding hydrogens is 335 g/mol. The number of carbonyl (C=O) groups excluding carboxylic acids is 2. The monoisotopic (exact) mass is 358 g/mol. The van der Waals surface area contributed by atoms with Crippen molar-refractivity contribution in [3.63, 3.8) is 0 Å². The fourth-order valence-electron chi connectivity index (χ4n) is 4.17. The average molecular weight is 358 g/mol. The molecule has 1 aromatic carbocycles. The fourth-order valence-corrected chi connectivity index (χ4v) is 4.17. The quantitative estimate of drug-likeness (QED) is 0.820. The van der Waals surface area contributed by atoms with Crippen LogP contribution in [0, 0.1) is 17.1 Å². The van der Waals surface area contributed by atoms with E-state index in [-0.39, 0.29) is 5.82 Å². The summed E-state index contributed by atoms with van der Waals surface area (Å²) in [7, 11) is 0. The van der Waals surface area contributed by atoms with Gasteiger partial charge in [0.15, 0.2) is 6.61 Å². The molecule has 0 aromatic heterocycles. The van der Waals surface area contributed by atoms with Crippen LogP contribution in [0.5, 0.6) is 0 Å². The Morgan fingerprint density at radius 2 is 1.65 bits per heavy atom. The van der Waals surface area contributed by atoms with E-state index in [0.29, 0.717) is 25.7 Å². The number of esters is 1. The number of benzene rings is 1. The highest BCUT2D eigenvalue weighted by atomic mass is 19.1.